The van der Waals surface area contributed by atoms with Gasteiger partial charge in [0.05, 0.1) is 17.4 Å². The van der Waals surface area contributed by atoms with E-state index in [2.05, 4.69) is 15.1 Å². The van der Waals surface area contributed by atoms with E-state index in [-0.39, 0.29) is 16.0 Å². The molecule has 9 nitrogen and oxygen atoms in total. The van der Waals surface area contributed by atoms with Crippen LogP contribution in [0.3, 0.4) is 0 Å². The number of amides is 1. The van der Waals surface area contributed by atoms with Gasteiger partial charge < -0.3 is 4.74 Å². The predicted octanol–water partition coefficient (Wildman–Crippen LogP) is 3.21. The van der Waals surface area contributed by atoms with Crippen LogP contribution in [-0.4, -0.2) is 31.1 Å². The Labute approximate surface area is 193 Å². The number of fused-ring (bicyclic) bond motifs is 1. The van der Waals surface area contributed by atoms with Gasteiger partial charge in [-0.15, -0.1) is 11.3 Å². The first-order valence-corrected chi connectivity index (χ1v) is 12.2. The predicted molar refractivity (Wildman–Crippen MR) is 127 cm³/mol. The van der Waals surface area contributed by atoms with Crippen LogP contribution in [0.2, 0.25) is 0 Å². The molecule has 170 valence electrons. The van der Waals surface area contributed by atoms with Crippen LogP contribution in [0.5, 0.6) is 5.75 Å². The van der Waals surface area contributed by atoms with E-state index in [1.54, 1.807) is 30.3 Å². The molecule has 0 unspecified atom stereocenters. The molecule has 0 spiro atoms. The second-order valence-electron chi connectivity index (χ2n) is 7.00. The summed E-state index contributed by atoms with van der Waals surface area (Å²) in [5.74, 6) is 0.0304. The lowest BCUT2D eigenvalue weighted by Gasteiger charge is -2.10. The number of thiophene rings is 1. The number of hydrogen-bond acceptors (Lipinski definition) is 7. The van der Waals surface area contributed by atoms with Crippen molar-refractivity contribution in [2.45, 2.75) is 18.2 Å². The number of rotatable bonds is 7. The molecule has 0 aliphatic heterocycles. The summed E-state index contributed by atoms with van der Waals surface area (Å²) in [5.41, 5.74) is 2.66. The lowest BCUT2D eigenvalue weighted by Crippen LogP contribution is -2.33. The number of nitrogens with zero attached hydrogens (tertiary/aromatic N) is 2. The SMILES string of the molecule is CCc1cc2c(=O)n(NC(=O)c3ccc(S(=O)(=O)Nc4ccc(OC)cc4)cc3)cnc2s1. The smallest absolute Gasteiger partial charge is 0.280 e. The van der Waals surface area contributed by atoms with Crippen molar-refractivity contribution in [3.63, 3.8) is 0 Å². The zero-order valence-corrected chi connectivity index (χ0v) is 19.4. The summed E-state index contributed by atoms with van der Waals surface area (Å²) in [7, 11) is -2.33. The van der Waals surface area contributed by atoms with Gasteiger partial charge in [0.25, 0.3) is 21.5 Å². The molecule has 4 rings (SSSR count). The van der Waals surface area contributed by atoms with Crippen molar-refractivity contribution in [3.05, 3.63) is 81.7 Å². The molecule has 0 atom stereocenters. The van der Waals surface area contributed by atoms with Gasteiger partial charge >= 0.3 is 0 Å². The molecule has 0 fully saturated rings. The van der Waals surface area contributed by atoms with Gasteiger partial charge in [0.1, 0.15) is 16.9 Å². The quantitative estimate of drug-likeness (QED) is 0.416. The molecule has 33 heavy (non-hydrogen) atoms. The third kappa shape index (κ3) is 4.73. The van der Waals surface area contributed by atoms with E-state index < -0.39 is 15.9 Å². The number of ether oxygens (including phenoxy) is 1. The van der Waals surface area contributed by atoms with E-state index in [1.807, 2.05) is 6.92 Å². The molecule has 0 radical (unpaired) electrons. The third-order valence-electron chi connectivity index (χ3n) is 4.84. The van der Waals surface area contributed by atoms with Crippen LogP contribution in [-0.2, 0) is 16.4 Å². The summed E-state index contributed by atoms with van der Waals surface area (Å²) >= 11 is 1.44. The fourth-order valence-electron chi connectivity index (χ4n) is 3.06. The van der Waals surface area contributed by atoms with Gasteiger partial charge in [0.15, 0.2) is 0 Å². The monoisotopic (exact) mass is 484 g/mol. The maximum absolute atomic E-state index is 12.6. The van der Waals surface area contributed by atoms with Gasteiger partial charge in [-0.25, -0.2) is 18.1 Å². The Balaban J connectivity index is 1.50. The number of anilines is 1. The van der Waals surface area contributed by atoms with Crippen LogP contribution in [0.1, 0.15) is 22.2 Å². The average molecular weight is 485 g/mol. The fraction of sp³-hybridized carbons (Fsp3) is 0.136. The lowest BCUT2D eigenvalue weighted by atomic mass is 10.2. The summed E-state index contributed by atoms with van der Waals surface area (Å²) < 4.78 is 33.8. The topological polar surface area (TPSA) is 119 Å². The van der Waals surface area contributed by atoms with Crippen LogP contribution < -0.4 is 20.4 Å². The first-order chi connectivity index (χ1) is 15.8. The molecule has 0 aliphatic rings. The highest BCUT2D eigenvalue weighted by atomic mass is 32.2. The Bertz CT molecular complexity index is 1470. The fourth-order valence-corrected chi connectivity index (χ4v) is 5.04. The van der Waals surface area contributed by atoms with Crippen molar-refractivity contribution in [1.82, 2.24) is 9.66 Å². The van der Waals surface area contributed by atoms with Crippen molar-refractivity contribution in [2.24, 2.45) is 0 Å². The Morgan fingerprint density at radius 3 is 2.45 bits per heavy atom. The number of carbonyl (C=O) groups excluding carboxylic acids is 1. The molecule has 0 saturated carbocycles. The largest absolute Gasteiger partial charge is 0.497 e. The van der Waals surface area contributed by atoms with Gasteiger partial charge in [0.2, 0.25) is 0 Å². The Hall–Kier alpha value is -3.70. The first-order valence-electron chi connectivity index (χ1n) is 9.89. The van der Waals surface area contributed by atoms with Crippen LogP contribution in [0.4, 0.5) is 5.69 Å². The summed E-state index contributed by atoms with van der Waals surface area (Å²) in [4.78, 5) is 31.1. The molecule has 4 aromatic rings. The van der Waals surface area contributed by atoms with Crippen LogP contribution >= 0.6 is 11.3 Å². The highest BCUT2D eigenvalue weighted by molar-refractivity contribution is 7.92. The molecule has 0 aliphatic carbocycles. The van der Waals surface area contributed by atoms with E-state index in [1.165, 1.54) is 49.0 Å². The van der Waals surface area contributed by atoms with Crippen molar-refractivity contribution >= 4 is 43.2 Å². The average Bonchev–Trinajstić information content (AvgIpc) is 3.25. The van der Waals surface area contributed by atoms with E-state index in [0.717, 1.165) is 16.0 Å². The molecular weight excluding hydrogens is 464 g/mol. The van der Waals surface area contributed by atoms with Crippen molar-refractivity contribution in [1.29, 1.82) is 0 Å². The number of sulfonamides is 1. The van der Waals surface area contributed by atoms with E-state index in [0.29, 0.717) is 21.7 Å². The minimum atomic E-state index is -3.85. The molecule has 2 aromatic carbocycles. The van der Waals surface area contributed by atoms with Crippen molar-refractivity contribution < 1.29 is 17.9 Å². The number of benzene rings is 2. The summed E-state index contributed by atoms with van der Waals surface area (Å²) in [5, 5.41) is 0.436. The van der Waals surface area contributed by atoms with Crippen LogP contribution in [0.25, 0.3) is 10.2 Å². The number of aryl methyl sites for hydroxylation is 1. The Morgan fingerprint density at radius 2 is 1.82 bits per heavy atom. The van der Waals surface area contributed by atoms with Gasteiger partial charge in [0, 0.05) is 16.1 Å². The highest BCUT2D eigenvalue weighted by Crippen LogP contribution is 2.21. The van der Waals surface area contributed by atoms with Gasteiger partial charge in [-0.2, -0.15) is 0 Å². The Morgan fingerprint density at radius 1 is 1.12 bits per heavy atom. The second-order valence-corrected chi connectivity index (χ2v) is 9.80. The maximum atomic E-state index is 12.6. The van der Waals surface area contributed by atoms with Crippen molar-refractivity contribution in [3.8, 4) is 5.75 Å². The van der Waals surface area contributed by atoms with E-state index >= 15 is 0 Å². The van der Waals surface area contributed by atoms with Crippen LogP contribution in [0, 0.1) is 0 Å². The number of methoxy groups -OCH3 is 1. The molecule has 0 saturated heterocycles. The third-order valence-corrected chi connectivity index (χ3v) is 7.43. The zero-order chi connectivity index (χ0) is 23.6. The van der Waals surface area contributed by atoms with Crippen LogP contribution in [0.15, 0.2) is 70.6 Å². The van der Waals surface area contributed by atoms with Gasteiger partial charge in [-0.3, -0.25) is 19.7 Å². The van der Waals surface area contributed by atoms with E-state index in [9.17, 15) is 18.0 Å². The minimum absolute atomic E-state index is 0.0134. The highest BCUT2D eigenvalue weighted by Gasteiger charge is 2.16. The molecule has 2 aromatic heterocycles. The molecule has 2 N–H and O–H groups in total. The number of aromatic nitrogens is 2. The zero-order valence-electron chi connectivity index (χ0n) is 17.7. The molecule has 11 heteroatoms. The summed E-state index contributed by atoms with van der Waals surface area (Å²) in [6.07, 6.45) is 2.05. The molecule has 1 amide bonds. The van der Waals surface area contributed by atoms with Gasteiger partial charge in [-0.05, 0) is 61.0 Å². The molecule has 2 heterocycles. The molecule has 0 bridgehead atoms. The minimum Gasteiger partial charge on any atom is -0.497 e. The molecular formula is C22H20N4O5S2. The van der Waals surface area contributed by atoms with Gasteiger partial charge in [-0.1, -0.05) is 6.92 Å². The van der Waals surface area contributed by atoms with E-state index in [4.69, 9.17) is 4.74 Å². The lowest BCUT2D eigenvalue weighted by molar-refractivity contribution is 0.101. The normalized spacial score (nSPS) is 11.3. The summed E-state index contributed by atoms with van der Waals surface area (Å²) in [6, 6.07) is 13.6. The maximum Gasteiger partial charge on any atom is 0.280 e. The van der Waals surface area contributed by atoms with Crippen molar-refractivity contribution in [2.75, 3.05) is 17.3 Å². The first kappa shape index (κ1) is 22.5. The summed E-state index contributed by atoms with van der Waals surface area (Å²) in [6.45, 7) is 1.99. The number of hydrogen-bond donors (Lipinski definition) is 2. The standard InChI is InChI=1S/C22H20N4O5S2/c1-3-17-12-19-21(32-17)23-13-26(22(19)28)24-20(27)14-4-10-18(11-5-14)33(29,30)25-15-6-8-16(31-2)9-7-15/h4-13,25H,3H2,1-2H3,(H,24,27). The Kier molecular flexibility index (Phi) is 6.16. The number of carbonyl (C=O) groups is 1. The number of nitrogens with one attached hydrogen (secondary N) is 2. The second kappa shape index (κ2) is 9.04.